The van der Waals surface area contributed by atoms with Crippen molar-refractivity contribution in [1.82, 2.24) is 4.57 Å². The first-order valence-electron chi connectivity index (χ1n) is 7.45. The van der Waals surface area contributed by atoms with Gasteiger partial charge in [0.2, 0.25) is 0 Å². The normalized spacial score (nSPS) is 12.1. The molecule has 1 heterocycles. The summed E-state index contributed by atoms with van der Waals surface area (Å²) in [5.41, 5.74) is 0.746. The van der Waals surface area contributed by atoms with Crippen molar-refractivity contribution in [3.05, 3.63) is 28.8 Å². The SMILES string of the molecule is CCOC(=O)CCn1c(=NC(=O)C(C)C)sc2cc(F)ccc21. The molecule has 0 unspecified atom stereocenters. The summed E-state index contributed by atoms with van der Waals surface area (Å²) in [5, 5.41) is 0. The molecule has 7 heteroatoms. The topological polar surface area (TPSA) is 60.7 Å². The van der Waals surface area contributed by atoms with Crippen LogP contribution in [0.25, 0.3) is 10.2 Å². The van der Waals surface area contributed by atoms with Gasteiger partial charge < -0.3 is 9.30 Å². The molecule has 0 aliphatic carbocycles. The third-order valence-electron chi connectivity index (χ3n) is 3.19. The van der Waals surface area contributed by atoms with E-state index in [0.29, 0.717) is 22.7 Å². The number of rotatable bonds is 5. The van der Waals surface area contributed by atoms with E-state index in [4.69, 9.17) is 4.74 Å². The Morgan fingerprint density at radius 2 is 2.13 bits per heavy atom. The van der Waals surface area contributed by atoms with Crippen molar-refractivity contribution in [2.75, 3.05) is 6.61 Å². The number of halogens is 1. The van der Waals surface area contributed by atoms with Crippen LogP contribution in [0.1, 0.15) is 27.2 Å². The molecule has 0 N–H and O–H groups in total. The van der Waals surface area contributed by atoms with Gasteiger partial charge in [0.15, 0.2) is 4.80 Å². The van der Waals surface area contributed by atoms with E-state index in [1.807, 2.05) is 0 Å². The summed E-state index contributed by atoms with van der Waals surface area (Å²) in [6.45, 7) is 5.93. The zero-order chi connectivity index (χ0) is 17.0. The number of thiazole rings is 1. The summed E-state index contributed by atoms with van der Waals surface area (Å²) in [7, 11) is 0. The predicted octanol–water partition coefficient (Wildman–Crippen LogP) is 2.88. The molecule has 0 saturated heterocycles. The Kier molecular flexibility index (Phi) is 5.65. The number of carbonyl (C=O) groups excluding carboxylic acids is 2. The van der Waals surface area contributed by atoms with E-state index in [-0.39, 0.29) is 30.0 Å². The van der Waals surface area contributed by atoms with Crippen LogP contribution in [0.15, 0.2) is 23.2 Å². The molecule has 0 radical (unpaired) electrons. The number of fused-ring (bicyclic) bond motifs is 1. The fourth-order valence-electron chi connectivity index (χ4n) is 2.01. The summed E-state index contributed by atoms with van der Waals surface area (Å²) < 4.78 is 20.8. The average molecular weight is 338 g/mol. The van der Waals surface area contributed by atoms with E-state index in [9.17, 15) is 14.0 Å². The van der Waals surface area contributed by atoms with Crippen molar-refractivity contribution in [3.8, 4) is 0 Å². The van der Waals surface area contributed by atoms with E-state index in [0.717, 1.165) is 5.52 Å². The van der Waals surface area contributed by atoms with Gasteiger partial charge in [0.05, 0.1) is 23.2 Å². The summed E-state index contributed by atoms with van der Waals surface area (Å²) in [4.78, 5) is 28.1. The van der Waals surface area contributed by atoms with Crippen LogP contribution >= 0.6 is 11.3 Å². The summed E-state index contributed by atoms with van der Waals surface area (Å²) in [6, 6.07) is 4.38. The van der Waals surface area contributed by atoms with Gasteiger partial charge in [0.1, 0.15) is 5.82 Å². The lowest BCUT2D eigenvalue weighted by Gasteiger charge is -2.05. The maximum atomic E-state index is 13.4. The zero-order valence-electron chi connectivity index (χ0n) is 13.3. The highest BCUT2D eigenvalue weighted by Crippen LogP contribution is 2.19. The number of ether oxygens (including phenoxy) is 1. The number of aromatic nitrogens is 1. The van der Waals surface area contributed by atoms with Crippen LogP contribution in [0, 0.1) is 11.7 Å². The van der Waals surface area contributed by atoms with Gasteiger partial charge in [0, 0.05) is 12.5 Å². The van der Waals surface area contributed by atoms with Gasteiger partial charge in [-0.1, -0.05) is 25.2 Å². The first-order valence-corrected chi connectivity index (χ1v) is 8.27. The minimum absolute atomic E-state index is 0.167. The molecule has 5 nitrogen and oxygen atoms in total. The van der Waals surface area contributed by atoms with E-state index >= 15 is 0 Å². The molecule has 23 heavy (non-hydrogen) atoms. The standard InChI is InChI=1S/C16H19FN2O3S/c1-4-22-14(20)7-8-19-12-6-5-11(17)9-13(12)23-16(19)18-15(21)10(2)3/h5-6,9-10H,4,7-8H2,1-3H3. The second-order valence-corrected chi connectivity index (χ2v) is 6.32. The molecule has 0 aliphatic rings. The Bertz CT molecular complexity index is 792. The van der Waals surface area contributed by atoms with Crippen molar-refractivity contribution < 1.29 is 18.7 Å². The van der Waals surface area contributed by atoms with Gasteiger partial charge in [-0.25, -0.2) is 4.39 Å². The Morgan fingerprint density at radius 1 is 1.39 bits per heavy atom. The van der Waals surface area contributed by atoms with Gasteiger partial charge >= 0.3 is 5.97 Å². The molecule has 0 saturated carbocycles. The minimum Gasteiger partial charge on any atom is -0.466 e. The lowest BCUT2D eigenvalue weighted by molar-refractivity contribution is -0.143. The molecule has 1 aromatic heterocycles. The number of nitrogens with zero attached hydrogens (tertiary/aromatic N) is 2. The van der Waals surface area contributed by atoms with Gasteiger partial charge in [-0.15, -0.1) is 0 Å². The number of carbonyl (C=O) groups is 2. The fraction of sp³-hybridized carbons (Fsp3) is 0.438. The average Bonchev–Trinajstić information content (AvgIpc) is 2.81. The summed E-state index contributed by atoms with van der Waals surface area (Å²) in [6.07, 6.45) is 0.167. The van der Waals surface area contributed by atoms with E-state index < -0.39 is 0 Å². The first kappa shape index (κ1) is 17.3. The van der Waals surface area contributed by atoms with Crippen LogP contribution in [-0.2, 0) is 20.9 Å². The van der Waals surface area contributed by atoms with Crippen molar-refractivity contribution in [1.29, 1.82) is 0 Å². The minimum atomic E-state index is -0.349. The third kappa shape index (κ3) is 4.25. The van der Waals surface area contributed by atoms with Crippen molar-refractivity contribution in [2.24, 2.45) is 10.9 Å². The molecular weight excluding hydrogens is 319 g/mol. The molecule has 1 aromatic carbocycles. The highest BCUT2D eigenvalue weighted by molar-refractivity contribution is 7.16. The summed E-state index contributed by atoms with van der Waals surface area (Å²) in [5.74, 6) is -1.14. The number of benzene rings is 1. The molecular formula is C16H19FN2O3S. The zero-order valence-corrected chi connectivity index (χ0v) is 14.2. The number of amides is 1. The first-order chi connectivity index (χ1) is 10.9. The van der Waals surface area contributed by atoms with Crippen LogP contribution in [-0.4, -0.2) is 23.1 Å². The number of esters is 1. The highest BCUT2D eigenvalue weighted by atomic mass is 32.1. The fourth-order valence-corrected chi connectivity index (χ4v) is 3.09. The molecule has 1 amide bonds. The van der Waals surface area contributed by atoms with Crippen LogP contribution in [0.2, 0.25) is 0 Å². The Labute approximate surface area is 137 Å². The molecule has 0 atom stereocenters. The van der Waals surface area contributed by atoms with Gasteiger partial charge in [-0.2, -0.15) is 4.99 Å². The Balaban J connectivity index is 2.45. The maximum Gasteiger partial charge on any atom is 0.307 e. The lowest BCUT2D eigenvalue weighted by atomic mass is 10.2. The number of hydrogen-bond acceptors (Lipinski definition) is 4. The van der Waals surface area contributed by atoms with Crippen LogP contribution in [0.4, 0.5) is 4.39 Å². The second-order valence-electron chi connectivity index (χ2n) is 5.31. The van der Waals surface area contributed by atoms with E-state index in [2.05, 4.69) is 4.99 Å². The van der Waals surface area contributed by atoms with Gasteiger partial charge in [-0.3, -0.25) is 9.59 Å². The molecule has 2 aromatic rings. The Morgan fingerprint density at radius 3 is 2.78 bits per heavy atom. The predicted molar refractivity (Wildman–Crippen MR) is 86.4 cm³/mol. The quantitative estimate of drug-likeness (QED) is 0.788. The molecule has 2 rings (SSSR count). The van der Waals surface area contributed by atoms with Crippen LogP contribution in [0.5, 0.6) is 0 Å². The molecule has 124 valence electrons. The molecule has 0 spiro atoms. The number of hydrogen-bond donors (Lipinski definition) is 0. The van der Waals surface area contributed by atoms with E-state index in [1.54, 1.807) is 31.4 Å². The van der Waals surface area contributed by atoms with Crippen molar-refractivity contribution in [2.45, 2.75) is 33.7 Å². The van der Waals surface area contributed by atoms with Gasteiger partial charge in [0.25, 0.3) is 5.91 Å². The van der Waals surface area contributed by atoms with Crippen molar-refractivity contribution >= 4 is 33.4 Å². The van der Waals surface area contributed by atoms with Gasteiger partial charge in [-0.05, 0) is 25.1 Å². The van der Waals surface area contributed by atoms with Crippen molar-refractivity contribution in [3.63, 3.8) is 0 Å². The molecule has 0 aliphatic heterocycles. The molecule has 0 bridgehead atoms. The second kappa shape index (κ2) is 7.50. The van der Waals surface area contributed by atoms with E-state index in [1.165, 1.54) is 23.5 Å². The monoisotopic (exact) mass is 338 g/mol. The third-order valence-corrected chi connectivity index (χ3v) is 4.23. The summed E-state index contributed by atoms with van der Waals surface area (Å²) >= 11 is 1.23. The lowest BCUT2D eigenvalue weighted by Crippen LogP contribution is -2.20. The van der Waals surface area contributed by atoms with Crippen LogP contribution in [0.3, 0.4) is 0 Å². The van der Waals surface area contributed by atoms with Crippen LogP contribution < -0.4 is 4.80 Å². The smallest absolute Gasteiger partial charge is 0.307 e. The highest BCUT2D eigenvalue weighted by Gasteiger charge is 2.12. The maximum absolute atomic E-state index is 13.4. The Hall–Kier alpha value is -2.02. The molecule has 0 fully saturated rings. The largest absolute Gasteiger partial charge is 0.466 e. The number of aryl methyl sites for hydroxylation is 1.